The van der Waals surface area contributed by atoms with Crippen LogP contribution in [0.1, 0.15) is 6.92 Å². The molecule has 0 bridgehead atoms. The number of rotatable bonds is 6. The van der Waals surface area contributed by atoms with Gasteiger partial charge in [-0.25, -0.2) is 0 Å². The minimum absolute atomic E-state index is 0.174. The minimum Gasteiger partial charge on any atom is -0.481 e. The number of ether oxygens (including phenoxy) is 2. The van der Waals surface area contributed by atoms with Crippen LogP contribution >= 0.6 is 0 Å². The highest BCUT2D eigenvalue weighted by molar-refractivity contribution is 6.01. The third-order valence-corrected chi connectivity index (χ3v) is 3.52. The predicted octanol–water partition coefficient (Wildman–Crippen LogP) is 2.98. The first-order chi connectivity index (χ1) is 12.2. The number of aromatic amines is 1. The Hall–Kier alpha value is -3.46. The van der Waals surface area contributed by atoms with Crippen molar-refractivity contribution < 1.29 is 14.3 Å². The predicted molar refractivity (Wildman–Crippen MR) is 95.6 cm³/mol. The van der Waals surface area contributed by atoms with Gasteiger partial charge in [-0.1, -0.05) is 24.1 Å². The zero-order valence-corrected chi connectivity index (χ0v) is 13.7. The van der Waals surface area contributed by atoms with Gasteiger partial charge < -0.3 is 14.8 Å². The lowest BCUT2D eigenvalue weighted by Gasteiger charge is -2.13. The maximum absolute atomic E-state index is 12.4. The summed E-state index contributed by atoms with van der Waals surface area (Å²) in [6.07, 6.45) is 4.53. The van der Waals surface area contributed by atoms with Gasteiger partial charge in [0, 0.05) is 5.39 Å². The minimum atomic E-state index is -0.671. The Bertz CT molecular complexity index is 913. The highest BCUT2D eigenvalue weighted by atomic mass is 16.5. The number of hydrogen-bond acceptors (Lipinski definition) is 4. The van der Waals surface area contributed by atoms with E-state index in [1.54, 1.807) is 31.2 Å². The van der Waals surface area contributed by atoms with Crippen molar-refractivity contribution in [1.29, 1.82) is 0 Å². The average molecular weight is 335 g/mol. The van der Waals surface area contributed by atoms with Crippen molar-refractivity contribution in [2.45, 2.75) is 13.0 Å². The standard InChI is InChI=1S/C19H17N3O3/c1-3-11-24-15-9-10-17-16(12-15)18(22-21-17)20-19(23)13(2)25-14-7-5-4-6-8-14/h1,4-10,12-13H,11H2,2H3,(H2,20,21,22,23). The molecule has 0 aliphatic heterocycles. The number of carbonyl (C=O) groups is 1. The van der Waals surface area contributed by atoms with Gasteiger partial charge in [0.2, 0.25) is 0 Å². The lowest BCUT2D eigenvalue weighted by atomic mass is 10.2. The van der Waals surface area contributed by atoms with Crippen LogP contribution in [0, 0.1) is 12.3 Å². The van der Waals surface area contributed by atoms with Crippen molar-refractivity contribution >= 4 is 22.6 Å². The molecule has 1 heterocycles. The number of para-hydroxylation sites is 1. The molecule has 0 saturated carbocycles. The van der Waals surface area contributed by atoms with E-state index in [1.807, 2.05) is 24.3 Å². The van der Waals surface area contributed by atoms with Gasteiger partial charge in [-0.2, -0.15) is 5.10 Å². The van der Waals surface area contributed by atoms with Gasteiger partial charge >= 0.3 is 0 Å². The van der Waals surface area contributed by atoms with Gasteiger partial charge in [0.15, 0.2) is 11.9 Å². The second-order valence-electron chi connectivity index (χ2n) is 5.33. The molecule has 6 nitrogen and oxygen atoms in total. The Labute approximate surface area is 145 Å². The monoisotopic (exact) mass is 335 g/mol. The van der Waals surface area contributed by atoms with Crippen molar-refractivity contribution in [3.63, 3.8) is 0 Å². The number of fused-ring (bicyclic) bond motifs is 1. The van der Waals surface area contributed by atoms with E-state index < -0.39 is 6.10 Å². The summed E-state index contributed by atoms with van der Waals surface area (Å²) in [6, 6.07) is 14.5. The van der Waals surface area contributed by atoms with Crippen LogP contribution in [0.2, 0.25) is 0 Å². The van der Waals surface area contributed by atoms with Gasteiger partial charge in [0.05, 0.1) is 5.52 Å². The van der Waals surface area contributed by atoms with Crippen LogP contribution in [-0.4, -0.2) is 28.8 Å². The highest BCUT2D eigenvalue weighted by Gasteiger charge is 2.17. The lowest BCUT2D eigenvalue weighted by Crippen LogP contribution is -2.30. The van der Waals surface area contributed by atoms with E-state index in [2.05, 4.69) is 21.4 Å². The zero-order valence-electron chi connectivity index (χ0n) is 13.7. The number of terminal acetylenes is 1. The fourth-order valence-electron chi connectivity index (χ4n) is 2.28. The number of carbonyl (C=O) groups excluding carboxylic acids is 1. The maximum atomic E-state index is 12.4. The zero-order chi connectivity index (χ0) is 17.6. The van der Waals surface area contributed by atoms with E-state index >= 15 is 0 Å². The first-order valence-corrected chi connectivity index (χ1v) is 7.74. The van der Waals surface area contributed by atoms with E-state index in [4.69, 9.17) is 15.9 Å². The number of amides is 1. The summed E-state index contributed by atoms with van der Waals surface area (Å²) in [4.78, 5) is 12.4. The molecule has 126 valence electrons. The Balaban J connectivity index is 1.73. The number of H-pyrrole nitrogens is 1. The summed E-state index contributed by atoms with van der Waals surface area (Å²) in [5.74, 6) is 3.76. The summed E-state index contributed by atoms with van der Waals surface area (Å²) >= 11 is 0. The van der Waals surface area contributed by atoms with Crippen LogP contribution in [-0.2, 0) is 4.79 Å². The van der Waals surface area contributed by atoms with Crippen LogP contribution in [0.25, 0.3) is 10.9 Å². The quantitative estimate of drug-likeness (QED) is 0.679. The second-order valence-corrected chi connectivity index (χ2v) is 5.33. The molecule has 1 unspecified atom stereocenters. The smallest absolute Gasteiger partial charge is 0.266 e. The van der Waals surface area contributed by atoms with Crippen molar-refractivity contribution in [2.75, 3.05) is 11.9 Å². The fraction of sp³-hybridized carbons (Fsp3) is 0.158. The molecule has 2 aromatic carbocycles. The van der Waals surface area contributed by atoms with Crippen molar-refractivity contribution in [3.05, 3.63) is 48.5 Å². The Morgan fingerprint density at radius 1 is 1.28 bits per heavy atom. The Morgan fingerprint density at radius 3 is 2.84 bits per heavy atom. The molecule has 0 aliphatic rings. The van der Waals surface area contributed by atoms with Crippen LogP contribution in [0.3, 0.4) is 0 Å². The molecule has 25 heavy (non-hydrogen) atoms. The van der Waals surface area contributed by atoms with Crippen LogP contribution in [0.4, 0.5) is 5.82 Å². The first-order valence-electron chi connectivity index (χ1n) is 7.74. The van der Waals surface area contributed by atoms with Crippen LogP contribution < -0.4 is 14.8 Å². The van der Waals surface area contributed by atoms with Crippen LogP contribution in [0.5, 0.6) is 11.5 Å². The average Bonchev–Trinajstić information content (AvgIpc) is 3.03. The Kier molecular flexibility index (Phi) is 4.86. The molecule has 0 fully saturated rings. The third-order valence-electron chi connectivity index (χ3n) is 3.52. The maximum Gasteiger partial charge on any atom is 0.266 e. The highest BCUT2D eigenvalue weighted by Crippen LogP contribution is 2.25. The van der Waals surface area contributed by atoms with E-state index in [-0.39, 0.29) is 12.5 Å². The Morgan fingerprint density at radius 2 is 2.08 bits per heavy atom. The number of hydrogen-bond donors (Lipinski definition) is 2. The summed E-state index contributed by atoms with van der Waals surface area (Å²) in [5.41, 5.74) is 0.778. The summed E-state index contributed by atoms with van der Waals surface area (Å²) in [7, 11) is 0. The summed E-state index contributed by atoms with van der Waals surface area (Å²) < 4.78 is 11.0. The van der Waals surface area contributed by atoms with E-state index in [0.717, 1.165) is 10.9 Å². The number of benzene rings is 2. The fourth-order valence-corrected chi connectivity index (χ4v) is 2.28. The molecule has 3 rings (SSSR count). The molecule has 0 aliphatic carbocycles. The normalized spacial score (nSPS) is 11.5. The van der Waals surface area contributed by atoms with E-state index in [0.29, 0.717) is 17.3 Å². The van der Waals surface area contributed by atoms with E-state index in [1.165, 1.54) is 0 Å². The summed E-state index contributed by atoms with van der Waals surface area (Å²) in [6.45, 7) is 1.85. The third kappa shape index (κ3) is 3.90. The SMILES string of the molecule is C#CCOc1ccc2[nH]nc(NC(=O)C(C)Oc3ccccc3)c2c1. The molecule has 1 aromatic heterocycles. The van der Waals surface area contributed by atoms with Crippen LogP contribution in [0.15, 0.2) is 48.5 Å². The molecular formula is C19H17N3O3. The molecule has 2 N–H and O–H groups in total. The number of aromatic nitrogens is 2. The molecule has 3 aromatic rings. The van der Waals surface area contributed by atoms with E-state index in [9.17, 15) is 4.79 Å². The molecular weight excluding hydrogens is 318 g/mol. The van der Waals surface area contributed by atoms with Crippen molar-refractivity contribution in [1.82, 2.24) is 10.2 Å². The van der Waals surface area contributed by atoms with Crippen molar-refractivity contribution in [2.24, 2.45) is 0 Å². The molecule has 0 saturated heterocycles. The van der Waals surface area contributed by atoms with Gasteiger partial charge in [0.25, 0.3) is 5.91 Å². The van der Waals surface area contributed by atoms with Gasteiger partial charge in [-0.15, -0.1) is 6.42 Å². The molecule has 6 heteroatoms. The molecule has 1 atom stereocenters. The topological polar surface area (TPSA) is 76.2 Å². The molecule has 0 spiro atoms. The van der Waals surface area contributed by atoms with Crippen molar-refractivity contribution in [3.8, 4) is 23.8 Å². The number of anilines is 1. The molecule has 1 amide bonds. The number of nitrogens with one attached hydrogen (secondary N) is 2. The van der Waals surface area contributed by atoms with Gasteiger partial charge in [-0.3, -0.25) is 9.89 Å². The number of nitrogens with zero attached hydrogens (tertiary/aromatic N) is 1. The molecule has 0 radical (unpaired) electrons. The van der Waals surface area contributed by atoms with Gasteiger partial charge in [-0.05, 0) is 37.3 Å². The van der Waals surface area contributed by atoms with Gasteiger partial charge in [0.1, 0.15) is 18.1 Å². The second kappa shape index (κ2) is 7.41. The lowest BCUT2D eigenvalue weighted by molar-refractivity contribution is -0.122. The first kappa shape index (κ1) is 16.4. The largest absolute Gasteiger partial charge is 0.481 e. The summed E-state index contributed by atoms with van der Waals surface area (Å²) in [5, 5.41) is 10.5.